The van der Waals surface area contributed by atoms with Crippen molar-refractivity contribution in [3.63, 3.8) is 0 Å². The van der Waals surface area contributed by atoms with Crippen LogP contribution in [0.2, 0.25) is 0 Å². The number of methoxy groups -OCH3 is 1. The van der Waals surface area contributed by atoms with E-state index in [0.717, 1.165) is 28.4 Å². The average Bonchev–Trinajstić information content (AvgIpc) is 2.76. The van der Waals surface area contributed by atoms with E-state index in [0.29, 0.717) is 6.54 Å². The topological polar surface area (TPSA) is 32.8 Å². The summed E-state index contributed by atoms with van der Waals surface area (Å²) in [7, 11) is 5.67. The van der Waals surface area contributed by atoms with Crippen molar-refractivity contribution < 1.29 is 9.53 Å². The summed E-state index contributed by atoms with van der Waals surface area (Å²) in [4.78, 5) is 17.9. The summed E-state index contributed by atoms with van der Waals surface area (Å²) in [5.74, 6) is 0.738. The summed E-state index contributed by atoms with van der Waals surface area (Å²) in [5, 5.41) is -0.135. The molecule has 0 saturated heterocycles. The molecule has 1 atom stereocenters. The van der Waals surface area contributed by atoms with Crippen molar-refractivity contribution >= 4 is 23.4 Å². The molecule has 0 bridgehead atoms. The number of fused-ring (bicyclic) bond motifs is 1. The zero-order valence-corrected chi connectivity index (χ0v) is 15.5. The van der Waals surface area contributed by atoms with Gasteiger partial charge in [-0.2, -0.15) is 0 Å². The fourth-order valence-corrected chi connectivity index (χ4v) is 3.85. The molecule has 25 heavy (non-hydrogen) atoms. The number of carbonyl (C=O) groups is 1. The van der Waals surface area contributed by atoms with Crippen LogP contribution in [0.3, 0.4) is 0 Å². The number of hydrogen-bond donors (Lipinski definition) is 0. The third-order valence-corrected chi connectivity index (χ3v) is 5.31. The van der Waals surface area contributed by atoms with E-state index in [1.165, 1.54) is 0 Å². The van der Waals surface area contributed by atoms with Crippen LogP contribution >= 0.6 is 11.8 Å². The second kappa shape index (κ2) is 7.93. The summed E-state index contributed by atoms with van der Waals surface area (Å²) >= 11 is 1.66. The van der Waals surface area contributed by atoms with Gasteiger partial charge in [-0.3, -0.25) is 4.79 Å². The fraction of sp³-hybridized carbons (Fsp3) is 0.300. The van der Waals surface area contributed by atoms with Crippen LogP contribution in [0.15, 0.2) is 53.4 Å². The van der Waals surface area contributed by atoms with Crippen LogP contribution in [-0.2, 0) is 4.79 Å². The quantitative estimate of drug-likeness (QED) is 0.822. The van der Waals surface area contributed by atoms with E-state index in [1.807, 2.05) is 61.5 Å². The first-order valence-corrected chi connectivity index (χ1v) is 9.09. The molecular formula is C20H22N2O2S. The highest BCUT2D eigenvalue weighted by Crippen LogP contribution is 2.45. The molecule has 0 saturated carbocycles. The van der Waals surface area contributed by atoms with Gasteiger partial charge < -0.3 is 14.5 Å². The summed E-state index contributed by atoms with van der Waals surface area (Å²) in [6.45, 7) is 1.45. The first-order chi connectivity index (χ1) is 12.1. The van der Waals surface area contributed by atoms with Gasteiger partial charge in [-0.1, -0.05) is 24.3 Å². The first-order valence-electron chi connectivity index (χ1n) is 8.21. The zero-order chi connectivity index (χ0) is 17.8. The number of nitrogens with zero attached hydrogens (tertiary/aromatic N) is 2. The minimum atomic E-state index is -0.135. The van der Waals surface area contributed by atoms with Gasteiger partial charge in [0, 0.05) is 18.0 Å². The maximum atomic E-state index is 12.9. The van der Waals surface area contributed by atoms with Crippen molar-refractivity contribution in [2.45, 2.75) is 10.1 Å². The van der Waals surface area contributed by atoms with Crippen molar-refractivity contribution in [1.29, 1.82) is 0 Å². The van der Waals surface area contributed by atoms with E-state index in [-0.39, 0.29) is 11.2 Å². The second-order valence-electron chi connectivity index (χ2n) is 6.14. The van der Waals surface area contributed by atoms with Gasteiger partial charge in [-0.15, -0.1) is 11.8 Å². The molecule has 1 unspecified atom stereocenters. The Morgan fingerprint density at radius 3 is 2.56 bits per heavy atom. The number of hydrogen-bond acceptors (Lipinski definition) is 4. The SMILES string of the molecule is COc1ccc(C2[C]C(=O)N(CCN(C)C)c3ccccc3S2)cc1. The van der Waals surface area contributed by atoms with Crippen LogP contribution in [0.25, 0.3) is 0 Å². The number of para-hydroxylation sites is 1. The number of anilines is 1. The fourth-order valence-electron chi connectivity index (χ4n) is 2.69. The lowest BCUT2D eigenvalue weighted by Gasteiger charge is -2.24. The van der Waals surface area contributed by atoms with Gasteiger partial charge >= 0.3 is 0 Å². The lowest BCUT2D eigenvalue weighted by molar-refractivity contribution is -0.115. The van der Waals surface area contributed by atoms with Crippen molar-refractivity contribution in [1.82, 2.24) is 4.90 Å². The van der Waals surface area contributed by atoms with E-state index in [2.05, 4.69) is 17.4 Å². The Bertz CT molecular complexity index is 731. The van der Waals surface area contributed by atoms with Gasteiger partial charge in [0.1, 0.15) is 5.75 Å². The molecule has 1 aliphatic rings. The lowest BCUT2D eigenvalue weighted by Crippen LogP contribution is -2.36. The Labute approximate surface area is 153 Å². The smallest absolute Gasteiger partial charge is 0.237 e. The molecule has 3 rings (SSSR count). The summed E-state index contributed by atoms with van der Waals surface area (Å²) in [6, 6.07) is 15.9. The van der Waals surface area contributed by atoms with Crippen molar-refractivity contribution in [3.8, 4) is 5.75 Å². The zero-order valence-electron chi connectivity index (χ0n) is 14.7. The van der Waals surface area contributed by atoms with Gasteiger partial charge in [0.2, 0.25) is 5.91 Å². The van der Waals surface area contributed by atoms with E-state index in [9.17, 15) is 4.79 Å². The van der Waals surface area contributed by atoms with Crippen LogP contribution in [0.5, 0.6) is 5.75 Å². The second-order valence-corrected chi connectivity index (χ2v) is 7.29. The normalized spacial score (nSPS) is 17.4. The molecule has 0 aliphatic carbocycles. The van der Waals surface area contributed by atoms with E-state index < -0.39 is 0 Å². The number of benzene rings is 2. The molecule has 2 radical (unpaired) electrons. The van der Waals surface area contributed by atoms with Crippen LogP contribution in [0.1, 0.15) is 10.8 Å². The molecular weight excluding hydrogens is 332 g/mol. The van der Waals surface area contributed by atoms with Gasteiger partial charge in [-0.05, 0) is 43.9 Å². The monoisotopic (exact) mass is 354 g/mol. The number of ether oxygens (including phenoxy) is 1. The summed E-state index contributed by atoms with van der Waals surface area (Å²) in [5.41, 5.74) is 2.01. The molecule has 1 amide bonds. The number of rotatable bonds is 5. The lowest BCUT2D eigenvalue weighted by atomic mass is 10.1. The molecule has 0 spiro atoms. The van der Waals surface area contributed by atoms with Gasteiger partial charge in [0.05, 0.1) is 24.5 Å². The molecule has 1 heterocycles. The van der Waals surface area contributed by atoms with Gasteiger partial charge in [0.25, 0.3) is 0 Å². The molecule has 4 nitrogen and oxygen atoms in total. The number of carbonyl (C=O) groups excluding carboxylic acids is 1. The minimum absolute atomic E-state index is 0.0693. The molecule has 0 aromatic heterocycles. The summed E-state index contributed by atoms with van der Waals surface area (Å²) < 4.78 is 5.22. The van der Waals surface area contributed by atoms with Crippen molar-refractivity contribution in [3.05, 3.63) is 60.5 Å². The maximum absolute atomic E-state index is 12.9. The Morgan fingerprint density at radius 1 is 1.16 bits per heavy atom. The predicted molar refractivity (Wildman–Crippen MR) is 102 cm³/mol. The maximum Gasteiger partial charge on any atom is 0.237 e. The molecule has 0 fully saturated rings. The number of likely N-dealkylation sites (N-methyl/N-ethyl adjacent to an activating group) is 1. The van der Waals surface area contributed by atoms with Crippen molar-refractivity contribution in [2.75, 3.05) is 39.2 Å². The van der Waals surface area contributed by atoms with Crippen LogP contribution in [0, 0.1) is 6.42 Å². The highest BCUT2D eigenvalue weighted by atomic mass is 32.2. The van der Waals surface area contributed by atoms with Crippen molar-refractivity contribution in [2.24, 2.45) is 0 Å². The van der Waals surface area contributed by atoms with Gasteiger partial charge in [0.15, 0.2) is 0 Å². The van der Waals surface area contributed by atoms with Crippen LogP contribution in [-0.4, -0.2) is 45.1 Å². The average molecular weight is 354 g/mol. The molecule has 0 N–H and O–H groups in total. The van der Waals surface area contributed by atoms with E-state index in [4.69, 9.17) is 4.74 Å². The molecule has 2 aromatic carbocycles. The third kappa shape index (κ3) is 4.17. The summed E-state index contributed by atoms with van der Waals surface area (Å²) in [6.07, 6.45) is 3.14. The van der Waals surface area contributed by atoms with E-state index >= 15 is 0 Å². The highest BCUT2D eigenvalue weighted by molar-refractivity contribution is 7.99. The third-order valence-electron chi connectivity index (χ3n) is 4.09. The van der Waals surface area contributed by atoms with E-state index in [1.54, 1.807) is 18.9 Å². The number of thioether (sulfide) groups is 1. The molecule has 1 aliphatic heterocycles. The molecule has 130 valence electrons. The minimum Gasteiger partial charge on any atom is -0.497 e. The Morgan fingerprint density at radius 2 is 1.88 bits per heavy atom. The van der Waals surface area contributed by atoms with Crippen LogP contribution < -0.4 is 9.64 Å². The largest absolute Gasteiger partial charge is 0.497 e. The van der Waals surface area contributed by atoms with Gasteiger partial charge in [-0.25, -0.2) is 0 Å². The van der Waals surface area contributed by atoms with Crippen LogP contribution in [0.4, 0.5) is 5.69 Å². The Kier molecular flexibility index (Phi) is 5.66. The number of amides is 1. The molecule has 5 heteroatoms. The molecule has 2 aromatic rings. The highest BCUT2D eigenvalue weighted by Gasteiger charge is 2.29. The first kappa shape index (κ1) is 17.8. The Balaban J connectivity index is 1.90. The Hall–Kier alpha value is -1.98. The standard InChI is InChI=1S/C20H22N2O2S/c1-21(2)12-13-22-17-6-4-5-7-18(17)25-19(14-20(22)23)15-8-10-16(24-3)11-9-15/h4-11,19H,12-13H2,1-3H3. The predicted octanol–water partition coefficient (Wildman–Crippen LogP) is 3.52.